The Balaban J connectivity index is 1.30. The summed E-state index contributed by atoms with van der Waals surface area (Å²) >= 11 is 0. The lowest BCUT2D eigenvalue weighted by molar-refractivity contribution is 0.171. The number of aryl methyl sites for hydroxylation is 2. The number of imidazole rings is 1. The highest BCUT2D eigenvalue weighted by atomic mass is 32.2. The van der Waals surface area contributed by atoms with Gasteiger partial charge in [0.1, 0.15) is 19.0 Å². The summed E-state index contributed by atoms with van der Waals surface area (Å²) in [6, 6.07) is 19.9. The Hall–Kier alpha value is -3.52. The van der Waals surface area contributed by atoms with Crippen LogP contribution in [0.2, 0.25) is 0 Å². The second kappa shape index (κ2) is 7.96. The molecule has 0 saturated carbocycles. The maximum atomic E-state index is 12.9. The number of nitrogens with zero attached hydrogens (tertiary/aromatic N) is 1. The largest absolute Gasteiger partial charge is 0.486 e. The van der Waals surface area contributed by atoms with Crippen LogP contribution in [0.15, 0.2) is 71.6 Å². The number of ether oxygens (including phenoxy) is 2. The standard InChI is InChI=1S/C23H21N3O4S/c27-31(28,18-9-10-21-22(15-18)30-13-12-29-21)26-17-5-3-4-16(14-17)8-11-23-24-19-6-1-2-7-20(19)25-23/h1-7,9-10,14-15,26H,8,11-13H2,(H,24,25). The SMILES string of the molecule is O=S(=O)(Nc1cccc(CCc2nc3ccccc3[nH]2)c1)c1ccc2c(c1)OCCO2. The zero-order valence-electron chi connectivity index (χ0n) is 16.7. The van der Waals surface area contributed by atoms with E-state index >= 15 is 0 Å². The molecule has 158 valence electrons. The number of para-hydroxylation sites is 2. The molecule has 2 N–H and O–H groups in total. The summed E-state index contributed by atoms with van der Waals surface area (Å²) < 4.78 is 39.3. The van der Waals surface area contributed by atoms with Gasteiger partial charge in [-0.25, -0.2) is 13.4 Å². The molecule has 3 aromatic carbocycles. The van der Waals surface area contributed by atoms with E-state index in [1.54, 1.807) is 12.1 Å². The van der Waals surface area contributed by atoms with Crippen LogP contribution in [0.4, 0.5) is 5.69 Å². The number of nitrogens with one attached hydrogen (secondary N) is 2. The van der Waals surface area contributed by atoms with Crippen molar-refractivity contribution in [2.45, 2.75) is 17.7 Å². The van der Waals surface area contributed by atoms with Gasteiger partial charge in [0.05, 0.1) is 15.9 Å². The van der Waals surface area contributed by atoms with Crippen LogP contribution < -0.4 is 14.2 Å². The topological polar surface area (TPSA) is 93.3 Å². The maximum absolute atomic E-state index is 12.9. The molecule has 0 fully saturated rings. The summed E-state index contributed by atoms with van der Waals surface area (Å²) in [6.45, 7) is 0.857. The summed E-state index contributed by atoms with van der Waals surface area (Å²) in [5.41, 5.74) is 3.48. The number of fused-ring (bicyclic) bond motifs is 2. The summed E-state index contributed by atoms with van der Waals surface area (Å²) in [5, 5.41) is 0. The molecule has 0 unspecified atom stereocenters. The molecule has 7 nitrogen and oxygen atoms in total. The van der Waals surface area contributed by atoms with Crippen molar-refractivity contribution in [3.8, 4) is 11.5 Å². The molecular formula is C23H21N3O4S. The van der Waals surface area contributed by atoms with Crippen LogP contribution in [-0.2, 0) is 22.9 Å². The first-order valence-corrected chi connectivity index (χ1v) is 11.5. The number of benzene rings is 3. The van der Waals surface area contributed by atoms with Gasteiger partial charge in [0.15, 0.2) is 11.5 Å². The summed E-state index contributed by atoms with van der Waals surface area (Å²) in [6.07, 6.45) is 1.46. The molecule has 0 bridgehead atoms. The predicted octanol–water partition coefficient (Wildman–Crippen LogP) is 3.92. The molecule has 8 heteroatoms. The molecule has 31 heavy (non-hydrogen) atoms. The van der Waals surface area contributed by atoms with Crippen molar-refractivity contribution in [2.24, 2.45) is 0 Å². The third-order valence-electron chi connectivity index (χ3n) is 5.09. The van der Waals surface area contributed by atoms with Gasteiger partial charge in [-0.3, -0.25) is 4.72 Å². The number of hydrogen-bond donors (Lipinski definition) is 2. The molecule has 0 amide bonds. The summed E-state index contributed by atoms with van der Waals surface area (Å²) in [4.78, 5) is 8.04. The fourth-order valence-corrected chi connectivity index (χ4v) is 4.65. The monoisotopic (exact) mass is 435 g/mol. The first kappa shape index (κ1) is 19.4. The van der Waals surface area contributed by atoms with Crippen molar-refractivity contribution in [1.82, 2.24) is 9.97 Å². The summed E-state index contributed by atoms with van der Waals surface area (Å²) in [7, 11) is -3.75. The van der Waals surface area contributed by atoms with E-state index in [2.05, 4.69) is 14.7 Å². The van der Waals surface area contributed by atoms with Crippen LogP contribution in [-0.4, -0.2) is 31.6 Å². The maximum Gasteiger partial charge on any atom is 0.262 e. The number of rotatable bonds is 6. The number of H-pyrrole nitrogens is 1. The molecule has 0 radical (unpaired) electrons. The minimum Gasteiger partial charge on any atom is -0.486 e. The molecule has 0 aliphatic carbocycles. The minimum absolute atomic E-state index is 0.129. The Kier molecular flexibility index (Phi) is 4.99. The zero-order valence-corrected chi connectivity index (χ0v) is 17.5. The molecule has 1 aromatic heterocycles. The fourth-order valence-electron chi connectivity index (χ4n) is 3.58. The second-order valence-corrected chi connectivity index (χ2v) is 8.99. The first-order chi connectivity index (χ1) is 15.1. The molecule has 0 saturated heterocycles. The van der Waals surface area contributed by atoms with Crippen molar-refractivity contribution >= 4 is 26.7 Å². The molecule has 2 heterocycles. The Bertz CT molecular complexity index is 1310. The van der Waals surface area contributed by atoms with E-state index in [9.17, 15) is 8.42 Å². The van der Waals surface area contributed by atoms with E-state index in [0.29, 0.717) is 30.4 Å². The fraction of sp³-hybridized carbons (Fsp3) is 0.174. The van der Waals surface area contributed by atoms with Gasteiger partial charge < -0.3 is 14.5 Å². The highest BCUT2D eigenvalue weighted by molar-refractivity contribution is 7.92. The zero-order chi connectivity index (χ0) is 21.3. The smallest absolute Gasteiger partial charge is 0.262 e. The average Bonchev–Trinajstić information content (AvgIpc) is 3.20. The number of hydrogen-bond acceptors (Lipinski definition) is 5. The van der Waals surface area contributed by atoms with Crippen LogP contribution in [0.25, 0.3) is 11.0 Å². The lowest BCUT2D eigenvalue weighted by Gasteiger charge is -2.19. The number of aromatic amines is 1. The van der Waals surface area contributed by atoms with Crippen molar-refractivity contribution in [2.75, 3.05) is 17.9 Å². The number of sulfonamides is 1. The van der Waals surface area contributed by atoms with Crippen molar-refractivity contribution in [3.05, 3.63) is 78.1 Å². The van der Waals surface area contributed by atoms with Gasteiger partial charge in [0.2, 0.25) is 0 Å². The molecule has 4 aromatic rings. The van der Waals surface area contributed by atoms with Crippen molar-refractivity contribution in [1.29, 1.82) is 0 Å². The van der Waals surface area contributed by atoms with Gasteiger partial charge in [-0.05, 0) is 48.4 Å². The molecule has 1 aliphatic heterocycles. The Morgan fingerprint density at radius 2 is 1.74 bits per heavy atom. The van der Waals surface area contributed by atoms with Crippen LogP contribution >= 0.6 is 0 Å². The molecule has 0 atom stereocenters. The van der Waals surface area contributed by atoms with Gasteiger partial charge in [-0.15, -0.1) is 0 Å². The molecule has 5 rings (SSSR count). The van der Waals surface area contributed by atoms with E-state index in [1.165, 1.54) is 12.1 Å². The van der Waals surface area contributed by atoms with E-state index in [0.717, 1.165) is 35.3 Å². The normalized spacial score (nSPS) is 13.3. The van der Waals surface area contributed by atoms with E-state index in [-0.39, 0.29) is 4.90 Å². The van der Waals surface area contributed by atoms with Gasteiger partial charge in [-0.1, -0.05) is 24.3 Å². The van der Waals surface area contributed by atoms with Gasteiger partial charge >= 0.3 is 0 Å². The molecule has 0 spiro atoms. The van der Waals surface area contributed by atoms with Crippen LogP contribution in [0, 0.1) is 0 Å². The van der Waals surface area contributed by atoms with Gasteiger partial charge in [0, 0.05) is 18.2 Å². The van der Waals surface area contributed by atoms with E-state index in [4.69, 9.17) is 9.47 Å². The third kappa shape index (κ3) is 4.20. The highest BCUT2D eigenvalue weighted by Crippen LogP contribution is 2.32. The quantitative estimate of drug-likeness (QED) is 0.479. The lowest BCUT2D eigenvalue weighted by atomic mass is 10.1. The predicted molar refractivity (Wildman–Crippen MR) is 118 cm³/mol. The van der Waals surface area contributed by atoms with Crippen LogP contribution in [0.5, 0.6) is 11.5 Å². The summed E-state index contributed by atoms with van der Waals surface area (Å²) in [5.74, 6) is 1.90. The number of anilines is 1. The minimum atomic E-state index is -3.75. The van der Waals surface area contributed by atoms with Crippen molar-refractivity contribution < 1.29 is 17.9 Å². The van der Waals surface area contributed by atoms with Gasteiger partial charge in [0.25, 0.3) is 10.0 Å². The average molecular weight is 436 g/mol. The third-order valence-corrected chi connectivity index (χ3v) is 6.47. The van der Waals surface area contributed by atoms with Gasteiger partial charge in [-0.2, -0.15) is 0 Å². The molecule has 1 aliphatic rings. The Morgan fingerprint density at radius 1 is 0.903 bits per heavy atom. The Labute approximate surface area is 180 Å². The van der Waals surface area contributed by atoms with E-state index < -0.39 is 10.0 Å². The highest BCUT2D eigenvalue weighted by Gasteiger charge is 2.19. The molecular weight excluding hydrogens is 414 g/mol. The second-order valence-electron chi connectivity index (χ2n) is 7.31. The number of aromatic nitrogens is 2. The van der Waals surface area contributed by atoms with Crippen LogP contribution in [0.3, 0.4) is 0 Å². The van der Waals surface area contributed by atoms with Crippen molar-refractivity contribution in [3.63, 3.8) is 0 Å². The first-order valence-electron chi connectivity index (χ1n) is 10.0. The van der Waals surface area contributed by atoms with E-state index in [1.807, 2.05) is 42.5 Å². The lowest BCUT2D eigenvalue weighted by Crippen LogP contribution is -2.17. The Morgan fingerprint density at radius 3 is 2.61 bits per heavy atom. The van der Waals surface area contributed by atoms with Crippen LogP contribution in [0.1, 0.15) is 11.4 Å².